The molecule has 1 fully saturated rings. The molecule has 0 bridgehead atoms. The summed E-state index contributed by atoms with van der Waals surface area (Å²) < 4.78 is 5.17. The zero-order valence-corrected chi connectivity index (χ0v) is 14.4. The first kappa shape index (κ1) is 17.8. The van der Waals surface area contributed by atoms with Crippen LogP contribution in [0.4, 0.5) is 0 Å². The first-order valence-corrected chi connectivity index (χ1v) is 8.41. The Bertz CT molecular complexity index is 499. The van der Waals surface area contributed by atoms with Crippen molar-refractivity contribution >= 4 is 5.91 Å². The molecule has 1 heterocycles. The van der Waals surface area contributed by atoms with Gasteiger partial charge in [-0.3, -0.25) is 9.69 Å². The Morgan fingerprint density at radius 2 is 1.96 bits per heavy atom. The molecular weight excluding hydrogens is 292 g/mol. The first-order valence-electron chi connectivity index (χ1n) is 8.41. The van der Waals surface area contributed by atoms with E-state index in [-0.39, 0.29) is 11.8 Å². The molecule has 0 aromatic heterocycles. The van der Waals surface area contributed by atoms with Crippen LogP contribution in [0.1, 0.15) is 31.7 Å². The molecular formula is C18H28N2O3. The highest BCUT2D eigenvalue weighted by Gasteiger charge is 2.30. The summed E-state index contributed by atoms with van der Waals surface area (Å²) in [5.74, 6) is 1.09. The number of benzene rings is 1. The average Bonchev–Trinajstić information content (AvgIpc) is 2.56. The van der Waals surface area contributed by atoms with Gasteiger partial charge in [0.25, 0.3) is 0 Å². The van der Waals surface area contributed by atoms with Gasteiger partial charge in [-0.15, -0.1) is 0 Å². The molecule has 2 atom stereocenters. The van der Waals surface area contributed by atoms with E-state index in [9.17, 15) is 9.90 Å². The Morgan fingerprint density at radius 1 is 1.30 bits per heavy atom. The van der Waals surface area contributed by atoms with Crippen molar-refractivity contribution < 1.29 is 14.6 Å². The zero-order valence-electron chi connectivity index (χ0n) is 14.4. The fraction of sp³-hybridized carbons (Fsp3) is 0.611. The standard InChI is InChI=1S/C18H28N2O3/c1-4-20(5-2)18(22)13-19-11-10-16(17(21)12-19)14-6-8-15(23-3)9-7-14/h6-9,16-17,21H,4-5,10-13H2,1-3H3. The number of methoxy groups -OCH3 is 1. The van der Waals surface area contributed by atoms with Crippen LogP contribution in [0.5, 0.6) is 5.75 Å². The fourth-order valence-corrected chi connectivity index (χ4v) is 3.25. The molecule has 0 spiro atoms. The highest BCUT2D eigenvalue weighted by Crippen LogP contribution is 2.29. The average molecular weight is 320 g/mol. The summed E-state index contributed by atoms with van der Waals surface area (Å²) in [5, 5.41) is 10.5. The van der Waals surface area contributed by atoms with Crippen LogP contribution in [0, 0.1) is 0 Å². The van der Waals surface area contributed by atoms with Crippen LogP contribution in [-0.2, 0) is 4.79 Å². The smallest absolute Gasteiger partial charge is 0.236 e. The summed E-state index contributed by atoms with van der Waals surface area (Å²) in [4.78, 5) is 16.1. The van der Waals surface area contributed by atoms with Crippen LogP contribution in [0.3, 0.4) is 0 Å². The van der Waals surface area contributed by atoms with Crippen molar-refractivity contribution in [3.05, 3.63) is 29.8 Å². The Balaban J connectivity index is 1.92. The molecule has 0 radical (unpaired) electrons. The van der Waals surface area contributed by atoms with Crippen molar-refractivity contribution in [2.45, 2.75) is 32.3 Å². The number of carbonyl (C=O) groups excluding carboxylic acids is 1. The molecule has 0 aliphatic carbocycles. The minimum Gasteiger partial charge on any atom is -0.497 e. The Kier molecular flexibility index (Phi) is 6.42. The van der Waals surface area contributed by atoms with Crippen molar-refractivity contribution in [3.8, 4) is 5.75 Å². The van der Waals surface area contributed by atoms with Crippen LogP contribution in [0.2, 0.25) is 0 Å². The largest absolute Gasteiger partial charge is 0.497 e. The maximum atomic E-state index is 12.2. The number of aliphatic hydroxyl groups excluding tert-OH is 1. The lowest BCUT2D eigenvalue weighted by molar-refractivity contribution is -0.132. The van der Waals surface area contributed by atoms with Crippen LogP contribution < -0.4 is 4.74 Å². The van der Waals surface area contributed by atoms with Crippen molar-refractivity contribution in [2.24, 2.45) is 0 Å². The molecule has 1 aliphatic rings. The molecule has 2 unspecified atom stereocenters. The molecule has 1 aliphatic heterocycles. The number of ether oxygens (including phenoxy) is 1. The monoisotopic (exact) mass is 320 g/mol. The highest BCUT2D eigenvalue weighted by atomic mass is 16.5. The number of nitrogens with zero attached hydrogens (tertiary/aromatic N) is 2. The van der Waals surface area contributed by atoms with Crippen molar-refractivity contribution in [3.63, 3.8) is 0 Å². The fourth-order valence-electron chi connectivity index (χ4n) is 3.25. The topological polar surface area (TPSA) is 53.0 Å². The predicted molar refractivity (Wildman–Crippen MR) is 90.7 cm³/mol. The number of carbonyl (C=O) groups is 1. The number of likely N-dealkylation sites (tertiary alicyclic amines) is 1. The van der Waals surface area contributed by atoms with Gasteiger partial charge in [0.2, 0.25) is 5.91 Å². The normalized spacial score (nSPS) is 21.9. The second-order valence-electron chi connectivity index (χ2n) is 6.04. The van der Waals surface area contributed by atoms with E-state index in [1.807, 2.05) is 43.0 Å². The Labute approximate surface area is 138 Å². The second-order valence-corrected chi connectivity index (χ2v) is 6.04. The lowest BCUT2D eigenvalue weighted by Gasteiger charge is -2.36. The molecule has 1 N–H and O–H groups in total. The lowest BCUT2D eigenvalue weighted by atomic mass is 9.87. The van der Waals surface area contributed by atoms with Gasteiger partial charge in [0.05, 0.1) is 19.8 Å². The van der Waals surface area contributed by atoms with Gasteiger partial charge in [0.1, 0.15) is 5.75 Å². The third-order valence-electron chi connectivity index (χ3n) is 4.69. The quantitative estimate of drug-likeness (QED) is 0.867. The van der Waals surface area contributed by atoms with E-state index in [1.165, 1.54) is 0 Å². The minimum absolute atomic E-state index is 0.126. The second kappa shape index (κ2) is 8.31. The van der Waals surface area contributed by atoms with E-state index < -0.39 is 6.10 Å². The van der Waals surface area contributed by atoms with E-state index in [0.29, 0.717) is 13.1 Å². The summed E-state index contributed by atoms with van der Waals surface area (Å²) in [6.07, 6.45) is 0.417. The first-order chi connectivity index (χ1) is 11.1. The van der Waals surface area contributed by atoms with E-state index in [1.54, 1.807) is 7.11 Å². The number of amides is 1. The number of hydrogen-bond acceptors (Lipinski definition) is 4. The lowest BCUT2D eigenvalue weighted by Crippen LogP contribution is -2.47. The van der Waals surface area contributed by atoms with Crippen molar-refractivity contribution in [2.75, 3.05) is 39.8 Å². The molecule has 1 aromatic rings. The van der Waals surface area contributed by atoms with Gasteiger partial charge in [-0.1, -0.05) is 12.1 Å². The number of rotatable bonds is 6. The number of likely N-dealkylation sites (N-methyl/N-ethyl adjacent to an activating group) is 1. The summed E-state index contributed by atoms with van der Waals surface area (Å²) in [5.41, 5.74) is 1.13. The van der Waals surface area contributed by atoms with Crippen LogP contribution in [0.25, 0.3) is 0 Å². The SMILES string of the molecule is CCN(CC)C(=O)CN1CCC(c2ccc(OC)cc2)C(O)C1. The van der Waals surface area contributed by atoms with Crippen LogP contribution in [-0.4, -0.2) is 66.8 Å². The predicted octanol–water partition coefficient (Wildman–Crippen LogP) is 1.71. The molecule has 23 heavy (non-hydrogen) atoms. The van der Waals surface area contributed by atoms with E-state index >= 15 is 0 Å². The summed E-state index contributed by atoms with van der Waals surface area (Å²) in [7, 11) is 1.65. The van der Waals surface area contributed by atoms with Gasteiger partial charge in [-0.25, -0.2) is 0 Å². The summed E-state index contributed by atoms with van der Waals surface area (Å²) in [6.45, 7) is 7.23. The molecule has 1 aromatic carbocycles. The van der Waals surface area contributed by atoms with E-state index in [0.717, 1.165) is 37.4 Å². The summed E-state index contributed by atoms with van der Waals surface area (Å²) in [6, 6.07) is 7.89. The maximum absolute atomic E-state index is 12.2. The zero-order chi connectivity index (χ0) is 16.8. The van der Waals surface area contributed by atoms with E-state index in [2.05, 4.69) is 4.90 Å². The molecule has 128 valence electrons. The number of β-amino-alcohol motifs (C(OH)–C–C–N with tert-alkyl or cyclic N) is 1. The molecule has 1 amide bonds. The molecule has 2 rings (SSSR count). The highest BCUT2D eigenvalue weighted by molar-refractivity contribution is 5.78. The van der Waals surface area contributed by atoms with Gasteiger partial charge < -0.3 is 14.7 Å². The van der Waals surface area contributed by atoms with Crippen molar-refractivity contribution in [1.82, 2.24) is 9.80 Å². The minimum atomic E-state index is -0.443. The Morgan fingerprint density at radius 3 is 2.48 bits per heavy atom. The molecule has 5 heteroatoms. The van der Waals surface area contributed by atoms with Gasteiger partial charge in [-0.2, -0.15) is 0 Å². The van der Waals surface area contributed by atoms with Gasteiger partial charge >= 0.3 is 0 Å². The van der Waals surface area contributed by atoms with E-state index in [4.69, 9.17) is 4.74 Å². The number of piperidine rings is 1. The Hall–Kier alpha value is -1.59. The number of hydrogen-bond donors (Lipinski definition) is 1. The van der Waals surface area contributed by atoms with Crippen LogP contribution in [0.15, 0.2) is 24.3 Å². The molecule has 0 saturated carbocycles. The van der Waals surface area contributed by atoms with Gasteiger partial charge in [-0.05, 0) is 44.5 Å². The van der Waals surface area contributed by atoms with Gasteiger partial charge in [0.15, 0.2) is 0 Å². The third-order valence-corrected chi connectivity index (χ3v) is 4.69. The molecule has 1 saturated heterocycles. The molecule has 5 nitrogen and oxygen atoms in total. The van der Waals surface area contributed by atoms with Crippen molar-refractivity contribution in [1.29, 1.82) is 0 Å². The van der Waals surface area contributed by atoms with Gasteiger partial charge in [0, 0.05) is 25.6 Å². The maximum Gasteiger partial charge on any atom is 0.236 e. The number of aliphatic hydroxyl groups is 1. The van der Waals surface area contributed by atoms with Crippen LogP contribution >= 0.6 is 0 Å². The third kappa shape index (κ3) is 4.45. The summed E-state index contributed by atoms with van der Waals surface area (Å²) >= 11 is 0.